The van der Waals surface area contributed by atoms with E-state index in [0.29, 0.717) is 26.6 Å². The molecule has 0 amide bonds. The minimum atomic E-state index is -4.01. The summed E-state index contributed by atoms with van der Waals surface area (Å²) in [4.78, 5) is 11.3. The summed E-state index contributed by atoms with van der Waals surface area (Å²) in [6.45, 7) is 3.70. The molecule has 0 atom stereocenters. The van der Waals surface area contributed by atoms with Crippen molar-refractivity contribution in [2.24, 2.45) is 4.40 Å². The average Bonchev–Trinajstić information content (AvgIpc) is 3.11. The SMILES string of the molecule is Cc1cc2oc(=O)sc2c(C)c1NC(=NS(=O)(=O)c1ccc(Cl)cc1)c1ccccc1. The second-order valence-corrected chi connectivity index (χ2v) is 9.82. The first-order chi connectivity index (χ1) is 14.7. The molecule has 0 radical (unpaired) electrons. The zero-order valence-electron chi connectivity index (χ0n) is 16.5. The van der Waals surface area contributed by atoms with Crippen LogP contribution < -0.4 is 10.3 Å². The van der Waals surface area contributed by atoms with Gasteiger partial charge in [0.2, 0.25) is 0 Å². The smallest absolute Gasteiger partial charge is 0.396 e. The summed E-state index contributed by atoms with van der Waals surface area (Å²) in [5.41, 5.74) is 3.33. The zero-order valence-corrected chi connectivity index (χ0v) is 18.9. The van der Waals surface area contributed by atoms with Crippen LogP contribution in [0.4, 0.5) is 5.69 Å². The molecule has 4 aromatic rings. The topological polar surface area (TPSA) is 88.7 Å². The molecule has 1 heterocycles. The number of sulfonamides is 1. The number of nitrogens with one attached hydrogen (secondary N) is 1. The number of amidine groups is 1. The molecule has 1 aromatic heterocycles. The van der Waals surface area contributed by atoms with E-state index < -0.39 is 15.0 Å². The molecule has 0 bridgehead atoms. The first kappa shape index (κ1) is 21.3. The van der Waals surface area contributed by atoms with Gasteiger partial charge in [0, 0.05) is 16.3 Å². The standard InChI is InChI=1S/C22H17ClN2O4S2/c1-13-12-18-20(30-22(26)29-18)14(2)19(13)24-21(15-6-4-3-5-7-15)25-31(27,28)17-10-8-16(23)9-11-17/h3-12H,1-2H3,(H,24,25). The van der Waals surface area contributed by atoms with Crippen LogP contribution in [0.2, 0.25) is 5.02 Å². The molecule has 0 aliphatic heterocycles. The Morgan fingerprint density at radius 3 is 2.42 bits per heavy atom. The van der Waals surface area contributed by atoms with Crippen LogP contribution in [-0.2, 0) is 10.0 Å². The van der Waals surface area contributed by atoms with Crippen molar-refractivity contribution in [3.05, 3.63) is 92.1 Å². The van der Waals surface area contributed by atoms with Gasteiger partial charge in [0.05, 0.1) is 9.60 Å². The summed E-state index contributed by atoms with van der Waals surface area (Å²) in [7, 11) is -4.01. The lowest BCUT2D eigenvalue weighted by Gasteiger charge is -2.15. The van der Waals surface area contributed by atoms with Crippen LogP contribution >= 0.6 is 22.9 Å². The molecule has 0 saturated heterocycles. The maximum absolute atomic E-state index is 13.0. The van der Waals surface area contributed by atoms with E-state index in [9.17, 15) is 13.2 Å². The molecule has 3 aromatic carbocycles. The predicted molar refractivity (Wildman–Crippen MR) is 125 cm³/mol. The number of aryl methyl sites for hydroxylation is 2. The highest BCUT2D eigenvalue weighted by molar-refractivity contribution is 7.90. The Kier molecular flexibility index (Phi) is 5.70. The monoisotopic (exact) mass is 472 g/mol. The number of fused-ring (bicyclic) bond motifs is 1. The lowest BCUT2D eigenvalue weighted by Crippen LogP contribution is -2.17. The molecule has 0 aliphatic carbocycles. The number of nitrogens with zero attached hydrogens (tertiary/aromatic N) is 1. The number of anilines is 1. The second kappa shape index (κ2) is 8.30. The highest BCUT2D eigenvalue weighted by Gasteiger charge is 2.19. The number of halogens is 1. The van der Waals surface area contributed by atoms with Crippen molar-refractivity contribution in [3.8, 4) is 0 Å². The minimum Gasteiger partial charge on any atom is -0.414 e. The molecule has 1 N–H and O–H groups in total. The molecular weight excluding hydrogens is 456 g/mol. The second-order valence-electron chi connectivity index (χ2n) is 6.83. The third kappa shape index (κ3) is 4.41. The lowest BCUT2D eigenvalue weighted by atomic mass is 10.1. The first-order valence-electron chi connectivity index (χ1n) is 9.21. The molecule has 0 fully saturated rings. The Hall–Kier alpha value is -2.94. The quantitative estimate of drug-likeness (QED) is 0.318. The summed E-state index contributed by atoms with van der Waals surface area (Å²) in [6.07, 6.45) is 0. The van der Waals surface area contributed by atoms with Gasteiger partial charge in [0.25, 0.3) is 10.0 Å². The highest BCUT2D eigenvalue weighted by atomic mass is 35.5. The van der Waals surface area contributed by atoms with E-state index in [1.807, 2.05) is 19.9 Å². The van der Waals surface area contributed by atoms with Crippen molar-refractivity contribution in [1.82, 2.24) is 0 Å². The molecule has 31 heavy (non-hydrogen) atoms. The van der Waals surface area contributed by atoms with Crippen LogP contribution in [0.15, 0.2) is 79.2 Å². The molecule has 0 saturated carbocycles. The van der Waals surface area contributed by atoms with E-state index >= 15 is 0 Å². The van der Waals surface area contributed by atoms with E-state index in [4.69, 9.17) is 16.0 Å². The minimum absolute atomic E-state index is 0.0316. The zero-order chi connectivity index (χ0) is 22.2. The molecule has 9 heteroatoms. The first-order valence-corrected chi connectivity index (χ1v) is 11.8. The summed E-state index contributed by atoms with van der Waals surface area (Å²) in [5.74, 6) is 0.164. The Morgan fingerprint density at radius 2 is 1.74 bits per heavy atom. The maximum Gasteiger partial charge on any atom is 0.396 e. The van der Waals surface area contributed by atoms with Gasteiger partial charge in [-0.15, -0.1) is 4.40 Å². The molecular formula is C22H17ClN2O4S2. The van der Waals surface area contributed by atoms with Crippen LogP contribution in [0.1, 0.15) is 16.7 Å². The van der Waals surface area contributed by atoms with E-state index in [2.05, 4.69) is 9.71 Å². The van der Waals surface area contributed by atoms with Crippen LogP contribution in [0.5, 0.6) is 0 Å². The van der Waals surface area contributed by atoms with Gasteiger partial charge in [-0.25, -0.2) is 4.79 Å². The largest absolute Gasteiger partial charge is 0.414 e. The van der Waals surface area contributed by atoms with E-state index in [0.717, 1.165) is 22.5 Å². The van der Waals surface area contributed by atoms with Crippen LogP contribution in [0.25, 0.3) is 10.3 Å². The molecule has 158 valence electrons. The third-order valence-corrected chi connectivity index (χ3v) is 7.18. The molecule has 4 rings (SSSR count). The van der Waals surface area contributed by atoms with E-state index in [1.54, 1.807) is 30.3 Å². The summed E-state index contributed by atoms with van der Waals surface area (Å²) in [6, 6.07) is 16.5. The highest BCUT2D eigenvalue weighted by Crippen LogP contribution is 2.31. The van der Waals surface area contributed by atoms with Gasteiger partial charge < -0.3 is 9.73 Å². The van der Waals surface area contributed by atoms with Crippen molar-refractivity contribution in [1.29, 1.82) is 0 Å². The number of rotatable bonds is 4. The van der Waals surface area contributed by atoms with Gasteiger partial charge >= 0.3 is 4.94 Å². The Bertz CT molecular complexity index is 1460. The fourth-order valence-electron chi connectivity index (χ4n) is 3.16. The van der Waals surface area contributed by atoms with Crippen molar-refractivity contribution in [3.63, 3.8) is 0 Å². The van der Waals surface area contributed by atoms with Gasteiger partial charge in [-0.3, -0.25) is 0 Å². The number of benzene rings is 3. The van der Waals surface area contributed by atoms with Gasteiger partial charge in [0.1, 0.15) is 5.58 Å². The molecule has 0 unspecified atom stereocenters. The van der Waals surface area contributed by atoms with E-state index in [-0.39, 0.29) is 10.7 Å². The van der Waals surface area contributed by atoms with Crippen molar-refractivity contribution in [2.75, 3.05) is 5.32 Å². The number of hydrogen-bond acceptors (Lipinski definition) is 5. The molecule has 6 nitrogen and oxygen atoms in total. The van der Waals surface area contributed by atoms with Gasteiger partial charge in [-0.05, 0) is 55.3 Å². The summed E-state index contributed by atoms with van der Waals surface area (Å²) < 4.78 is 36.0. The normalized spacial score (nSPS) is 12.3. The van der Waals surface area contributed by atoms with Gasteiger partial charge in [0.15, 0.2) is 5.84 Å². The summed E-state index contributed by atoms with van der Waals surface area (Å²) >= 11 is 6.89. The predicted octanol–water partition coefficient (Wildman–Crippen LogP) is 5.37. The summed E-state index contributed by atoms with van der Waals surface area (Å²) in [5, 5.41) is 3.61. The van der Waals surface area contributed by atoms with Crippen molar-refractivity contribution >= 4 is 54.8 Å². The Balaban J connectivity index is 1.86. The van der Waals surface area contributed by atoms with Gasteiger partial charge in [-0.2, -0.15) is 8.42 Å². The Labute approximate surface area is 187 Å². The fraction of sp³-hybridized carbons (Fsp3) is 0.0909. The van der Waals surface area contributed by atoms with Crippen LogP contribution in [0, 0.1) is 13.8 Å². The molecule has 0 aliphatic rings. The molecule has 0 spiro atoms. The fourth-order valence-corrected chi connectivity index (χ4v) is 5.02. The average molecular weight is 473 g/mol. The Morgan fingerprint density at radius 1 is 1.06 bits per heavy atom. The third-order valence-electron chi connectivity index (χ3n) is 4.67. The lowest BCUT2D eigenvalue weighted by molar-refractivity contribution is 0.585. The maximum atomic E-state index is 13.0. The number of hydrogen-bond donors (Lipinski definition) is 1. The van der Waals surface area contributed by atoms with Crippen molar-refractivity contribution in [2.45, 2.75) is 18.7 Å². The van der Waals surface area contributed by atoms with Gasteiger partial charge in [-0.1, -0.05) is 53.3 Å². The van der Waals surface area contributed by atoms with Crippen LogP contribution in [-0.4, -0.2) is 14.3 Å². The van der Waals surface area contributed by atoms with Crippen molar-refractivity contribution < 1.29 is 12.8 Å². The van der Waals surface area contributed by atoms with Crippen LogP contribution in [0.3, 0.4) is 0 Å². The van der Waals surface area contributed by atoms with E-state index in [1.165, 1.54) is 24.3 Å².